The van der Waals surface area contributed by atoms with E-state index in [1.165, 1.54) is 19.3 Å². The Hall–Kier alpha value is -2.17. The van der Waals surface area contributed by atoms with Crippen LogP contribution in [-0.2, 0) is 6.42 Å². The lowest BCUT2D eigenvalue weighted by Gasteiger charge is -2.27. The second kappa shape index (κ2) is 7.38. The van der Waals surface area contributed by atoms with Crippen LogP contribution in [0.1, 0.15) is 62.6 Å². The molecule has 1 saturated carbocycles. The molecule has 1 aromatic carbocycles. The molecule has 1 heterocycles. The van der Waals surface area contributed by atoms with Crippen molar-refractivity contribution < 1.29 is 9.32 Å². The maximum absolute atomic E-state index is 12.4. The van der Waals surface area contributed by atoms with Crippen LogP contribution < -0.4 is 5.32 Å². The molecule has 1 aliphatic carbocycles. The smallest absolute Gasteiger partial charge is 0.257 e. The van der Waals surface area contributed by atoms with E-state index in [4.69, 9.17) is 4.52 Å². The second-order valence-corrected chi connectivity index (χ2v) is 7.63. The first kappa shape index (κ1) is 17.6. The summed E-state index contributed by atoms with van der Waals surface area (Å²) < 4.78 is 5.28. The van der Waals surface area contributed by atoms with E-state index < -0.39 is 0 Å². The zero-order valence-electron chi connectivity index (χ0n) is 15.3. The SMILES string of the molecule is CCCc1noc(-c2ccc(C(=O)NC[C@H]3CCCC3(C)C)cc2)n1. The van der Waals surface area contributed by atoms with E-state index in [0.717, 1.165) is 30.8 Å². The summed E-state index contributed by atoms with van der Waals surface area (Å²) in [6, 6.07) is 7.34. The molecule has 0 bridgehead atoms. The lowest BCUT2D eigenvalue weighted by atomic mass is 9.82. The largest absolute Gasteiger partial charge is 0.352 e. The van der Waals surface area contributed by atoms with Crippen LogP contribution in [0, 0.1) is 11.3 Å². The molecule has 1 fully saturated rings. The van der Waals surface area contributed by atoms with Crippen LogP contribution in [0.2, 0.25) is 0 Å². The highest BCUT2D eigenvalue weighted by Gasteiger charge is 2.34. The number of aromatic nitrogens is 2. The summed E-state index contributed by atoms with van der Waals surface area (Å²) in [5.41, 5.74) is 1.82. The lowest BCUT2D eigenvalue weighted by molar-refractivity contribution is 0.0937. The van der Waals surface area contributed by atoms with Gasteiger partial charge >= 0.3 is 0 Å². The van der Waals surface area contributed by atoms with E-state index in [1.807, 2.05) is 24.3 Å². The van der Waals surface area contributed by atoms with Crippen molar-refractivity contribution in [2.24, 2.45) is 11.3 Å². The molecule has 0 unspecified atom stereocenters. The van der Waals surface area contributed by atoms with E-state index in [1.54, 1.807) is 0 Å². The lowest BCUT2D eigenvalue weighted by Crippen LogP contribution is -2.33. The number of nitrogens with zero attached hydrogens (tertiary/aromatic N) is 2. The van der Waals surface area contributed by atoms with Crippen molar-refractivity contribution in [1.82, 2.24) is 15.5 Å². The van der Waals surface area contributed by atoms with Crippen LogP contribution in [0.25, 0.3) is 11.5 Å². The first-order valence-corrected chi connectivity index (χ1v) is 9.21. The Bertz CT molecular complexity index is 719. The maximum atomic E-state index is 12.4. The predicted octanol–water partition coefficient (Wildman–Crippen LogP) is 4.25. The maximum Gasteiger partial charge on any atom is 0.257 e. The molecule has 134 valence electrons. The molecule has 0 spiro atoms. The van der Waals surface area contributed by atoms with Crippen molar-refractivity contribution >= 4 is 5.91 Å². The minimum Gasteiger partial charge on any atom is -0.352 e. The van der Waals surface area contributed by atoms with Crippen LogP contribution >= 0.6 is 0 Å². The molecule has 25 heavy (non-hydrogen) atoms. The molecular weight excluding hydrogens is 314 g/mol. The van der Waals surface area contributed by atoms with E-state index in [2.05, 4.69) is 36.2 Å². The summed E-state index contributed by atoms with van der Waals surface area (Å²) in [6.07, 6.45) is 5.49. The minimum absolute atomic E-state index is 0.0218. The Morgan fingerprint density at radius 1 is 1.32 bits per heavy atom. The molecule has 1 aliphatic rings. The van der Waals surface area contributed by atoms with Gasteiger partial charge in [-0.1, -0.05) is 32.3 Å². The van der Waals surface area contributed by atoms with Crippen LogP contribution in [-0.4, -0.2) is 22.6 Å². The van der Waals surface area contributed by atoms with Gasteiger partial charge < -0.3 is 9.84 Å². The standard InChI is InChI=1S/C20H27N3O2/c1-4-6-17-22-19(25-23-17)15-10-8-14(9-11-15)18(24)21-13-16-7-5-12-20(16,2)3/h8-11,16H,4-7,12-13H2,1-3H3,(H,21,24)/t16-/m1/s1. The fourth-order valence-corrected chi connectivity index (χ4v) is 3.56. The quantitative estimate of drug-likeness (QED) is 0.853. The molecule has 1 amide bonds. The van der Waals surface area contributed by atoms with E-state index in [-0.39, 0.29) is 5.91 Å². The average Bonchev–Trinajstić information content (AvgIpc) is 3.19. The Morgan fingerprint density at radius 3 is 2.72 bits per heavy atom. The van der Waals surface area contributed by atoms with Gasteiger partial charge in [0.05, 0.1) is 0 Å². The van der Waals surface area contributed by atoms with Crippen molar-refractivity contribution in [1.29, 1.82) is 0 Å². The van der Waals surface area contributed by atoms with Gasteiger partial charge in [0, 0.05) is 24.1 Å². The van der Waals surface area contributed by atoms with Gasteiger partial charge in [-0.15, -0.1) is 0 Å². The van der Waals surface area contributed by atoms with E-state index in [9.17, 15) is 4.79 Å². The highest BCUT2D eigenvalue weighted by Crippen LogP contribution is 2.42. The van der Waals surface area contributed by atoms with Gasteiger partial charge in [-0.05, 0) is 54.9 Å². The Morgan fingerprint density at radius 2 is 2.08 bits per heavy atom. The molecular formula is C20H27N3O2. The summed E-state index contributed by atoms with van der Waals surface area (Å²) in [5, 5.41) is 7.05. The molecule has 2 aromatic rings. The van der Waals surface area contributed by atoms with Gasteiger partial charge in [-0.2, -0.15) is 4.98 Å². The average molecular weight is 341 g/mol. The zero-order valence-corrected chi connectivity index (χ0v) is 15.3. The molecule has 0 saturated heterocycles. The van der Waals surface area contributed by atoms with Crippen molar-refractivity contribution in [2.75, 3.05) is 6.54 Å². The third kappa shape index (κ3) is 4.09. The number of benzene rings is 1. The monoisotopic (exact) mass is 341 g/mol. The fourth-order valence-electron chi connectivity index (χ4n) is 3.56. The molecule has 5 heteroatoms. The third-order valence-corrected chi connectivity index (χ3v) is 5.32. The van der Waals surface area contributed by atoms with Gasteiger partial charge in [0.1, 0.15) is 0 Å². The molecule has 1 atom stereocenters. The summed E-state index contributed by atoms with van der Waals surface area (Å²) in [6.45, 7) is 7.42. The molecule has 1 N–H and O–H groups in total. The molecule has 0 radical (unpaired) electrons. The second-order valence-electron chi connectivity index (χ2n) is 7.63. The van der Waals surface area contributed by atoms with Crippen LogP contribution in [0.5, 0.6) is 0 Å². The fraction of sp³-hybridized carbons (Fsp3) is 0.550. The van der Waals surface area contributed by atoms with E-state index >= 15 is 0 Å². The highest BCUT2D eigenvalue weighted by atomic mass is 16.5. The number of nitrogens with one attached hydrogen (secondary N) is 1. The van der Waals surface area contributed by atoms with Gasteiger partial charge in [-0.25, -0.2) is 0 Å². The van der Waals surface area contributed by atoms with Crippen molar-refractivity contribution in [2.45, 2.75) is 52.9 Å². The number of carbonyl (C=O) groups excluding carboxylic acids is 1. The molecule has 0 aliphatic heterocycles. The number of hydrogen-bond acceptors (Lipinski definition) is 4. The normalized spacial score (nSPS) is 19.1. The summed E-state index contributed by atoms with van der Waals surface area (Å²) in [5.74, 6) is 1.76. The van der Waals surface area contributed by atoms with Gasteiger partial charge in [0.2, 0.25) is 0 Å². The summed E-state index contributed by atoms with van der Waals surface area (Å²) in [4.78, 5) is 16.8. The Kier molecular flexibility index (Phi) is 5.21. The van der Waals surface area contributed by atoms with Crippen LogP contribution in [0.4, 0.5) is 0 Å². The zero-order chi connectivity index (χ0) is 17.9. The van der Waals surface area contributed by atoms with Crippen LogP contribution in [0.15, 0.2) is 28.8 Å². The predicted molar refractivity (Wildman–Crippen MR) is 97.2 cm³/mol. The van der Waals surface area contributed by atoms with Crippen molar-refractivity contribution in [3.05, 3.63) is 35.7 Å². The number of carbonyl (C=O) groups is 1. The van der Waals surface area contributed by atoms with Gasteiger partial charge in [0.25, 0.3) is 11.8 Å². The Balaban J connectivity index is 1.60. The van der Waals surface area contributed by atoms with Crippen molar-refractivity contribution in [3.63, 3.8) is 0 Å². The number of aryl methyl sites for hydroxylation is 1. The van der Waals surface area contributed by atoms with Crippen LogP contribution in [0.3, 0.4) is 0 Å². The van der Waals surface area contributed by atoms with Crippen molar-refractivity contribution in [3.8, 4) is 11.5 Å². The third-order valence-electron chi connectivity index (χ3n) is 5.32. The number of amides is 1. The first-order chi connectivity index (χ1) is 12.0. The molecule has 1 aromatic heterocycles. The number of rotatable bonds is 6. The molecule has 5 nitrogen and oxygen atoms in total. The first-order valence-electron chi connectivity index (χ1n) is 9.21. The van der Waals surface area contributed by atoms with Gasteiger partial charge in [0.15, 0.2) is 5.82 Å². The number of hydrogen-bond donors (Lipinski definition) is 1. The minimum atomic E-state index is -0.0218. The van der Waals surface area contributed by atoms with Gasteiger partial charge in [-0.3, -0.25) is 4.79 Å². The molecule has 3 rings (SSSR count). The Labute approximate surface area is 149 Å². The van der Waals surface area contributed by atoms with E-state index in [0.29, 0.717) is 22.8 Å². The highest BCUT2D eigenvalue weighted by molar-refractivity contribution is 5.94. The summed E-state index contributed by atoms with van der Waals surface area (Å²) >= 11 is 0. The summed E-state index contributed by atoms with van der Waals surface area (Å²) in [7, 11) is 0. The topological polar surface area (TPSA) is 68.0 Å².